The van der Waals surface area contributed by atoms with Gasteiger partial charge in [-0.3, -0.25) is 4.79 Å². The summed E-state index contributed by atoms with van der Waals surface area (Å²) in [5.41, 5.74) is 0. The molecule has 0 bridgehead atoms. The summed E-state index contributed by atoms with van der Waals surface area (Å²) in [4.78, 5) is 10.6. The van der Waals surface area contributed by atoms with Crippen LogP contribution in [0.15, 0.2) is 0 Å². The largest absolute Gasteiger partial charge is 0.462 e. The van der Waals surface area contributed by atoms with Crippen LogP contribution in [-0.2, 0) is 14.3 Å². The van der Waals surface area contributed by atoms with Gasteiger partial charge in [0.05, 0.1) is 6.42 Å². The fourth-order valence-corrected chi connectivity index (χ4v) is 1.46. The van der Waals surface area contributed by atoms with E-state index in [1.54, 1.807) is 0 Å². The summed E-state index contributed by atoms with van der Waals surface area (Å²) in [6, 6.07) is 0. The first-order chi connectivity index (χ1) is 9.18. The molecule has 1 fully saturated rings. The van der Waals surface area contributed by atoms with E-state index in [9.17, 15) is 39.9 Å². The minimum atomic E-state index is -5.87. The summed E-state index contributed by atoms with van der Waals surface area (Å²) in [5.74, 6) is -11.2. The maximum absolute atomic E-state index is 13.3. The van der Waals surface area contributed by atoms with E-state index in [4.69, 9.17) is 0 Å². The third-order valence-electron chi connectivity index (χ3n) is 2.65. The Morgan fingerprint density at radius 2 is 1.62 bits per heavy atom. The average Bonchev–Trinajstić information content (AvgIpc) is 2.59. The van der Waals surface area contributed by atoms with Crippen LogP contribution in [0.1, 0.15) is 26.2 Å². The molecule has 1 aliphatic heterocycles. The first-order valence-corrected chi connectivity index (χ1v) is 5.59. The van der Waals surface area contributed by atoms with Gasteiger partial charge in [-0.15, -0.1) is 0 Å². The van der Waals surface area contributed by atoms with Gasteiger partial charge in [0, 0.05) is 13.3 Å². The zero-order valence-corrected chi connectivity index (χ0v) is 10.4. The van der Waals surface area contributed by atoms with Crippen molar-refractivity contribution in [3.05, 3.63) is 0 Å². The van der Waals surface area contributed by atoms with Crippen molar-refractivity contribution in [2.45, 2.75) is 56.4 Å². The molecule has 0 amide bonds. The van der Waals surface area contributed by atoms with Gasteiger partial charge in [-0.1, -0.05) is 0 Å². The summed E-state index contributed by atoms with van der Waals surface area (Å²) in [7, 11) is 0. The molecule has 3 nitrogen and oxygen atoms in total. The molecule has 0 saturated carbocycles. The Morgan fingerprint density at radius 1 is 1.10 bits per heavy atom. The minimum absolute atomic E-state index is 0.295. The van der Waals surface area contributed by atoms with Crippen LogP contribution in [0.2, 0.25) is 0 Å². The van der Waals surface area contributed by atoms with Crippen molar-refractivity contribution in [2.24, 2.45) is 0 Å². The SMILES string of the molecule is CC(F)(F)C(F)(F)OC(F)(F)C(F)(F)CC1CCC(=O)O1. The lowest BCUT2D eigenvalue weighted by atomic mass is 10.1. The summed E-state index contributed by atoms with van der Waals surface area (Å²) in [5, 5.41) is 0. The number of halogens is 8. The molecule has 0 radical (unpaired) electrons. The highest BCUT2D eigenvalue weighted by atomic mass is 19.3. The number of hydrogen-bond donors (Lipinski definition) is 0. The summed E-state index contributed by atoms with van der Waals surface area (Å²) in [6.07, 6.45) is -15.7. The van der Waals surface area contributed by atoms with Gasteiger partial charge >= 0.3 is 30.0 Å². The van der Waals surface area contributed by atoms with E-state index in [2.05, 4.69) is 9.47 Å². The van der Waals surface area contributed by atoms with Crippen molar-refractivity contribution in [1.82, 2.24) is 0 Å². The van der Waals surface area contributed by atoms with Gasteiger partial charge in [0.1, 0.15) is 6.10 Å². The third kappa shape index (κ3) is 3.95. The number of cyclic esters (lactones) is 1. The lowest BCUT2D eigenvalue weighted by Crippen LogP contribution is -2.53. The van der Waals surface area contributed by atoms with Crippen LogP contribution in [-0.4, -0.2) is 36.1 Å². The predicted octanol–water partition coefficient (Wildman–Crippen LogP) is 3.57. The highest BCUT2D eigenvalue weighted by Crippen LogP contribution is 2.47. The van der Waals surface area contributed by atoms with Gasteiger partial charge in [0.2, 0.25) is 0 Å². The normalized spacial score (nSPS) is 21.6. The molecule has 1 aliphatic rings. The molecular weight excluding hydrogens is 320 g/mol. The minimum Gasteiger partial charge on any atom is -0.462 e. The summed E-state index contributed by atoms with van der Waals surface area (Å²) in [6.45, 7) is -0.458. The molecule has 1 rings (SSSR count). The number of esters is 1. The van der Waals surface area contributed by atoms with Crippen LogP contribution in [0, 0.1) is 0 Å². The first kappa shape index (κ1) is 17.9. The van der Waals surface area contributed by atoms with Crippen LogP contribution < -0.4 is 0 Å². The van der Waals surface area contributed by atoms with Gasteiger partial charge < -0.3 is 4.74 Å². The molecule has 0 aromatic carbocycles. The Kier molecular flexibility index (Phi) is 4.48. The topological polar surface area (TPSA) is 35.5 Å². The number of carbonyl (C=O) groups excluding carboxylic acids is 1. The number of rotatable bonds is 6. The van der Waals surface area contributed by atoms with E-state index in [1.807, 2.05) is 0 Å². The van der Waals surface area contributed by atoms with E-state index in [-0.39, 0.29) is 12.8 Å². The van der Waals surface area contributed by atoms with E-state index in [1.165, 1.54) is 0 Å². The summed E-state index contributed by atoms with van der Waals surface area (Å²) >= 11 is 0. The number of hydrogen-bond acceptors (Lipinski definition) is 3. The molecule has 0 aliphatic carbocycles. The molecule has 0 aromatic rings. The van der Waals surface area contributed by atoms with Crippen LogP contribution >= 0.6 is 0 Å². The van der Waals surface area contributed by atoms with Crippen molar-refractivity contribution < 1.29 is 49.4 Å². The fraction of sp³-hybridized carbons (Fsp3) is 0.900. The lowest BCUT2D eigenvalue weighted by Gasteiger charge is -2.32. The predicted molar refractivity (Wildman–Crippen MR) is 50.3 cm³/mol. The number of carbonyl (C=O) groups is 1. The highest BCUT2D eigenvalue weighted by molar-refractivity contribution is 5.71. The van der Waals surface area contributed by atoms with E-state index < -0.39 is 49.5 Å². The smallest absolute Gasteiger partial charge is 0.424 e. The van der Waals surface area contributed by atoms with E-state index in [0.717, 1.165) is 0 Å². The van der Waals surface area contributed by atoms with Crippen LogP contribution in [0.4, 0.5) is 35.1 Å². The van der Waals surface area contributed by atoms with Gasteiger partial charge in [0.15, 0.2) is 0 Å². The average molecular weight is 330 g/mol. The second-order valence-corrected chi connectivity index (χ2v) is 4.58. The molecule has 0 spiro atoms. The van der Waals surface area contributed by atoms with Crippen molar-refractivity contribution in [2.75, 3.05) is 0 Å². The standard InChI is InChI=1S/C10H10F8O3/c1-7(11,12)9(15,16)21-10(17,18)8(13,14)4-5-2-3-6(19)20-5/h5H,2-4H2,1H3. The molecular formula is C10H10F8O3. The highest BCUT2D eigenvalue weighted by Gasteiger charge is 2.67. The van der Waals surface area contributed by atoms with Crippen LogP contribution in [0.5, 0.6) is 0 Å². The van der Waals surface area contributed by atoms with Crippen molar-refractivity contribution >= 4 is 5.97 Å². The molecule has 124 valence electrons. The molecule has 21 heavy (non-hydrogen) atoms. The fourth-order valence-electron chi connectivity index (χ4n) is 1.46. The zero-order valence-electron chi connectivity index (χ0n) is 10.4. The van der Waals surface area contributed by atoms with Gasteiger partial charge in [-0.25, -0.2) is 4.74 Å². The zero-order chi connectivity index (χ0) is 16.7. The monoisotopic (exact) mass is 330 g/mol. The van der Waals surface area contributed by atoms with Crippen molar-refractivity contribution in [1.29, 1.82) is 0 Å². The molecule has 0 aromatic heterocycles. The lowest BCUT2D eigenvalue weighted by molar-refractivity contribution is -0.466. The van der Waals surface area contributed by atoms with Gasteiger partial charge in [-0.05, 0) is 6.42 Å². The Labute approximate surface area is 113 Å². The van der Waals surface area contributed by atoms with Crippen LogP contribution in [0.3, 0.4) is 0 Å². The third-order valence-corrected chi connectivity index (χ3v) is 2.65. The maximum atomic E-state index is 13.3. The van der Waals surface area contributed by atoms with Gasteiger partial charge in [-0.2, -0.15) is 35.1 Å². The Hall–Kier alpha value is -1.13. The van der Waals surface area contributed by atoms with Crippen LogP contribution in [0.25, 0.3) is 0 Å². The Balaban J connectivity index is 2.82. The summed E-state index contributed by atoms with van der Waals surface area (Å²) < 4.78 is 109. The first-order valence-electron chi connectivity index (χ1n) is 5.59. The number of ether oxygens (including phenoxy) is 2. The molecule has 1 saturated heterocycles. The number of alkyl halides is 8. The van der Waals surface area contributed by atoms with E-state index in [0.29, 0.717) is 0 Å². The Bertz CT molecular complexity index is 404. The van der Waals surface area contributed by atoms with Crippen molar-refractivity contribution in [3.8, 4) is 0 Å². The molecule has 1 atom stereocenters. The maximum Gasteiger partial charge on any atom is 0.424 e. The molecule has 11 heteroatoms. The Morgan fingerprint density at radius 3 is 2.00 bits per heavy atom. The molecule has 1 heterocycles. The van der Waals surface area contributed by atoms with Crippen molar-refractivity contribution in [3.63, 3.8) is 0 Å². The second kappa shape index (κ2) is 5.25. The second-order valence-electron chi connectivity index (χ2n) is 4.58. The van der Waals surface area contributed by atoms with E-state index >= 15 is 0 Å². The van der Waals surface area contributed by atoms with Gasteiger partial charge in [0.25, 0.3) is 0 Å². The quantitative estimate of drug-likeness (QED) is 0.552. The molecule has 0 N–H and O–H groups in total. The molecule has 1 unspecified atom stereocenters.